The number of ether oxygens (including phenoxy) is 4. The summed E-state index contributed by atoms with van der Waals surface area (Å²) in [4.78, 5) is 11.0. The molecule has 0 N–H and O–H groups in total. The maximum Gasteiger partial charge on any atom is 0.305 e. The number of carbonyl (C=O) groups excluding carboxylic acids is 1. The van der Waals surface area contributed by atoms with Crippen LogP contribution in [0, 0.1) is 0 Å². The largest absolute Gasteiger partial charge is 0.433 e. The SMILES string of the molecule is CC(=O)O[C@@H]1O[C@H](COS(C)(=O)=O)[C@H]2OC(C)(C)O[C@@H]12. The van der Waals surface area contributed by atoms with E-state index >= 15 is 0 Å². The van der Waals surface area contributed by atoms with Gasteiger partial charge in [0.1, 0.15) is 12.2 Å². The zero-order valence-electron chi connectivity index (χ0n) is 11.7. The predicted molar refractivity (Wildman–Crippen MR) is 65.0 cm³/mol. The third-order valence-corrected chi connectivity index (χ3v) is 3.40. The topological polar surface area (TPSA) is 97.4 Å². The highest BCUT2D eigenvalue weighted by Crippen LogP contribution is 2.39. The summed E-state index contributed by atoms with van der Waals surface area (Å²) in [5.74, 6) is -1.38. The quantitative estimate of drug-likeness (QED) is 0.519. The van der Waals surface area contributed by atoms with E-state index in [0.29, 0.717) is 0 Å². The van der Waals surface area contributed by atoms with Gasteiger partial charge in [-0.3, -0.25) is 8.98 Å². The standard InChI is InChI=1S/C11H18O8S/c1-6(12)16-10-9-8(18-11(2,3)19-9)7(17-10)5-15-20(4,13)14/h7-10H,5H2,1-4H3/t7-,8-,9-,10-/m1/s1. The highest BCUT2D eigenvalue weighted by Gasteiger charge is 2.56. The third kappa shape index (κ3) is 3.67. The molecule has 2 rings (SSSR count). The van der Waals surface area contributed by atoms with E-state index in [1.165, 1.54) is 6.92 Å². The molecule has 0 bridgehead atoms. The Bertz CT molecular complexity index is 485. The molecule has 2 fully saturated rings. The smallest absolute Gasteiger partial charge is 0.305 e. The van der Waals surface area contributed by atoms with Crippen LogP contribution < -0.4 is 0 Å². The number of rotatable bonds is 4. The molecule has 0 amide bonds. The lowest BCUT2D eigenvalue weighted by molar-refractivity contribution is -0.232. The van der Waals surface area contributed by atoms with Crippen LogP contribution in [-0.2, 0) is 38.0 Å². The lowest BCUT2D eigenvalue weighted by atomic mass is 10.1. The van der Waals surface area contributed by atoms with Crippen molar-refractivity contribution < 1.29 is 36.3 Å². The number of carbonyl (C=O) groups is 1. The van der Waals surface area contributed by atoms with Gasteiger partial charge >= 0.3 is 5.97 Å². The molecular weight excluding hydrogens is 292 g/mol. The van der Waals surface area contributed by atoms with Crippen LogP contribution in [0.4, 0.5) is 0 Å². The van der Waals surface area contributed by atoms with Gasteiger partial charge in [-0.15, -0.1) is 0 Å². The van der Waals surface area contributed by atoms with Crippen LogP contribution in [0.5, 0.6) is 0 Å². The second-order valence-corrected chi connectivity index (χ2v) is 6.85. The molecule has 0 aromatic heterocycles. The maximum atomic E-state index is 11.0. The normalized spacial score (nSPS) is 35.8. The van der Waals surface area contributed by atoms with Crippen molar-refractivity contribution in [2.45, 2.75) is 51.2 Å². The van der Waals surface area contributed by atoms with Crippen molar-refractivity contribution in [3.05, 3.63) is 0 Å². The second kappa shape index (κ2) is 5.23. The van der Waals surface area contributed by atoms with E-state index in [0.717, 1.165) is 6.26 Å². The summed E-state index contributed by atoms with van der Waals surface area (Å²) >= 11 is 0. The zero-order chi connectivity index (χ0) is 15.1. The molecule has 20 heavy (non-hydrogen) atoms. The molecule has 2 aliphatic rings. The molecule has 0 aromatic carbocycles. The first-order valence-electron chi connectivity index (χ1n) is 6.10. The Labute approximate surface area is 117 Å². The lowest BCUT2D eigenvalue weighted by Gasteiger charge is -2.23. The van der Waals surface area contributed by atoms with Gasteiger partial charge in [0.15, 0.2) is 11.9 Å². The number of hydrogen-bond acceptors (Lipinski definition) is 8. The number of esters is 1. The van der Waals surface area contributed by atoms with Crippen molar-refractivity contribution >= 4 is 16.1 Å². The van der Waals surface area contributed by atoms with Crippen LogP contribution in [0.15, 0.2) is 0 Å². The van der Waals surface area contributed by atoms with Crippen molar-refractivity contribution in [3.63, 3.8) is 0 Å². The highest BCUT2D eigenvalue weighted by molar-refractivity contribution is 7.85. The van der Waals surface area contributed by atoms with Crippen molar-refractivity contribution in [3.8, 4) is 0 Å². The fourth-order valence-corrected chi connectivity index (χ4v) is 2.61. The summed E-state index contributed by atoms with van der Waals surface area (Å²) in [7, 11) is -3.59. The first-order chi connectivity index (χ1) is 9.07. The van der Waals surface area contributed by atoms with E-state index < -0.39 is 46.5 Å². The van der Waals surface area contributed by atoms with E-state index in [1.807, 2.05) is 0 Å². The Morgan fingerprint density at radius 3 is 2.40 bits per heavy atom. The van der Waals surface area contributed by atoms with E-state index in [1.54, 1.807) is 13.8 Å². The summed E-state index contributed by atoms with van der Waals surface area (Å²) in [6.07, 6.45) is -1.86. The van der Waals surface area contributed by atoms with Crippen molar-refractivity contribution in [1.29, 1.82) is 0 Å². The predicted octanol–water partition coefficient (Wildman–Crippen LogP) is -0.229. The Morgan fingerprint density at radius 1 is 1.25 bits per heavy atom. The minimum Gasteiger partial charge on any atom is -0.433 e. The second-order valence-electron chi connectivity index (χ2n) is 5.21. The lowest BCUT2D eigenvalue weighted by Crippen LogP contribution is -2.33. The van der Waals surface area contributed by atoms with Gasteiger partial charge in [0.2, 0.25) is 6.29 Å². The fraction of sp³-hybridized carbons (Fsp3) is 0.909. The molecule has 2 saturated heterocycles. The van der Waals surface area contributed by atoms with E-state index in [9.17, 15) is 13.2 Å². The minimum absolute atomic E-state index is 0.225. The summed E-state index contributed by atoms with van der Waals surface area (Å²) < 4.78 is 48.5. The summed E-state index contributed by atoms with van der Waals surface area (Å²) in [5.41, 5.74) is 0. The Hall–Kier alpha value is -0.740. The van der Waals surface area contributed by atoms with E-state index in [4.69, 9.17) is 23.1 Å². The monoisotopic (exact) mass is 310 g/mol. The van der Waals surface area contributed by atoms with Crippen LogP contribution in [-0.4, -0.2) is 57.6 Å². The van der Waals surface area contributed by atoms with Gasteiger partial charge in [-0.05, 0) is 13.8 Å². The van der Waals surface area contributed by atoms with Crippen LogP contribution >= 0.6 is 0 Å². The van der Waals surface area contributed by atoms with Gasteiger partial charge in [0.25, 0.3) is 10.1 Å². The minimum atomic E-state index is -3.59. The van der Waals surface area contributed by atoms with Crippen LogP contribution in [0.25, 0.3) is 0 Å². The van der Waals surface area contributed by atoms with Crippen molar-refractivity contribution in [2.75, 3.05) is 12.9 Å². The van der Waals surface area contributed by atoms with Crippen LogP contribution in [0.2, 0.25) is 0 Å². The molecule has 4 atom stereocenters. The molecule has 2 aliphatic heterocycles. The molecule has 2 heterocycles. The zero-order valence-corrected chi connectivity index (χ0v) is 12.5. The van der Waals surface area contributed by atoms with Gasteiger partial charge in [-0.1, -0.05) is 0 Å². The molecule has 0 saturated carbocycles. The first-order valence-corrected chi connectivity index (χ1v) is 7.92. The van der Waals surface area contributed by atoms with Gasteiger partial charge in [-0.2, -0.15) is 8.42 Å². The fourth-order valence-electron chi connectivity index (χ4n) is 2.23. The average molecular weight is 310 g/mol. The Balaban J connectivity index is 2.08. The molecule has 8 nitrogen and oxygen atoms in total. The molecule has 0 radical (unpaired) electrons. The van der Waals surface area contributed by atoms with Gasteiger partial charge in [0.05, 0.1) is 12.9 Å². The van der Waals surface area contributed by atoms with Gasteiger partial charge < -0.3 is 18.9 Å². The molecule has 0 unspecified atom stereocenters. The first kappa shape index (κ1) is 15.6. The van der Waals surface area contributed by atoms with Crippen molar-refractivity contribution in [2.24, 2.45) is 0 Å². The summed E-state index contributed by atoms with van der Waals surface area (Å²) in [6, 6.07) is 0. The highest BCUT2D eigenvalue weighted by atomic mass is 32.2. The molecule has 116 valence electrons. The number of hydrogen-bond donors (Lipinski definition) is 0. The molecular formula is C11H18O8S. The molecule has 0 aliphatic carbocycles. The number of fused-ring (bicyclic) bond motifs is 1. The molecule has 0 spiro atoms. The van der Waals surface area contributed by atoms with E-state index in [-0.39, 0.29) is 6.61 Å². The van der Waals surface area contributed by atoms with Crippen LogP contribution in [0.1, 0.15) is 20.8 Å². The van der Waals surface area contributed by atoms with Crippen molar-refractivity contribution in [1.82, 2.24) is 0 Å². The average Bonchev–Trinajstić information content (AvgIpc) is 2.69. The third-order valence-electron chi connectivity index (χ3n) is 2.84. The van der Waals surface area contributed by atoms with E-state index in [2.05, 4.69) is 0 Å². The Kier molecular flexibility index (Phi) is 4.09. The summed E-state index contributed by atoms with van der Waals surface area (Å²) in [6.45, 7) is 4.45. The molecule has 0 aromatic rings. The van der Waals surface area contributed by atoms with Gasteiger partial charge in [-0.25, -0.2) is 0 Å². The maximum absolute atomic E-state index is 11.0. The van der Waals surface area contributed by atoms with Gasteiger partial charge in [0, 0.05) is 6.92 Å². The van der Waals surface area contributed by atoms with Crippen LogP contribution in [0.3, 0.4) is 0 Å². The Morgan fingerprint density at radius 2 is 1.85 bits per heavy atom. The molecule has 9 heteroatoms. The summed E-state index contributed by atoms with van der Waals surface area (Å²) in [5, 5.41) is 0.